The van der Waals surface area contributed by atoms with Gasteiger partial charge in [-0.1, -0.05) is 36.4 Å². The third-order valence-corrected chi connectivity index (χ3v) is 2.94. The second kappa shape index (κ2) is 7.05. The lowest BCUT2D eigenvalue weighted by Gasteiger charge is -2.07. The number of aromatic nitrogens is 3. The summed E-state index contributed by atoms with van der Waals surface area (Å²) in [5, 5.41) is 5.98. The number of guanidine groups is 1. The number of para-hydroxylation sites is 2. The van der Waals surface area contributed by atoms with E-state index in [4.69, 9.17) is 11.5 Å². The van der Waals surface area contributed by atoms with Gasteiger partial charge in [0, 0.05) is 11.4 Å². The van der Waals surface area contributed by atoms with E-state index in [2.05, 4.69) is 30.6 Å². The first-order chi connectivity index (χ1) is 11.7. The topological polar surface area (TPSA) is 127 Å². The maximum atomic E-state index is 5.87. The molecular formula is C16H16N8. The summed E-state index contributed by atoms with van der Waals surface area (Å²) >= 11 is 0. The standard InChI is InChI=1S/C16H16N8/c17-13(19-11-7-3-1-4-8-11)21-16-23-14(18)22-15(24-16)20-12-9-5-2-6-10-12/h1-10H,(H6,17,18,19,20,21,22,23,24). The number of hydrogen-bond acceptors (Lipinski definition) is 6. The van der Waals surface area contributed by atoms with Crippen molar-refractivity contribution in [2.24, 2.45) is 10.7 Å². The molecule has 2 aromatic carbocycles. The summed E-state index contributed by atoms with van der Waals surface area (Å²) in [5.41, 5.74) is 13.2. The predicted octanol–water partition coefficient (Wildman–Crippen LogP) is 2.26. The van der Waals surface area contributed by atoms with E-state index in [0.717, 1.165) is 11.4 Å². The molecule has 0 atom stereocenters. The van der Waals surface area contributed by atoms with Crippen molar-refractivity contribution in [3.8, 4) is 0 Å². The van der Waals surface area contributed by atoms with Crippen molar-refractivity contribution in [1.29, 1.82) is 0 Å². The van der Waals surface area contributed by atoms with E-state index in [9.17, 15) is 0 Å². The number of nitrogens with two attached hydrogens (primary N) is 2. The van der Waals surface area contributed by atoms with Crippen LogP contribution in [0.1, 0.15) is 0 Å². The Hall–Kier alpha value is -3.68. The van der Waals surface area contributed by atoms with Crippen LogP contribution in [-0.2, 0) is 0 Å². The molecule has 0 saturated heterocycles. The highest BCUT2D eigenvalue weighted by Gasteiger charge is 2.05. The Morgan fingerprint density at radius 3 is 2.12 bits per heavy atom. The van der Waals surface area contributed by atoms with Crippen molar-refractivity contribution in [1.82, 2.24) is 15.0 Å². The van der Waals surface area contributed by atoms with E-state index in [0.29, 0.717) is 5.95 Å². The van der Waals surface area contributed by atoms with Gasteiger partial charge in [0.2, 0.25) is 17.9 Å². The Morgan fingerprint density at radius 2 is 1.46 bits per heavy atom. The van der Waals surface area contributed by atoms with Gasteiger partial charge in [-0.2, -0.15) is 19.9 Å². The summed E-state index contributed by atoms with van der Waals surface area (Å²) in [6.07, 6.45) is 0. The van der Waals surface area contributed by atoms with Gasteiger partial charge in [-0.25, -0.2) is 0 Å². The van der Waals surface area contributed by atoms with Crippen molar-refractivity contribution in [2.75, 3.05) is 16.4 Å². The minimum atomic E-state index is 0.0506. The molecule has 0 amide bonds. The molecule has 0 saturated carbocycles. The third-order valence-electron chi connectivity index (χ3n) is 2.94. The molecule has 0 bridgehead atoms. The third kappa shape index (κ3) is 4.17. The molecule has 8 heteroatoms. The van der Waals surface area contributed by atoms with Crippen LogP contribution < -0.4 is 22.1 Å². The molecule has 0 aliphatic carbocycles. The Kier molecular flexibility index (Phi) is 4.47. The number of nitrogens with one attached hydrogen (secondary N) is 2. The van der Waals surface area contributed by atoms with E-state index in [1.807, 2.05) is 60.7 Å². The Balaban J connectivity index is 1.79. The summed E-state index contributed by atoms with van der Waals surface area (Å²) in [5.74, 6) is 0.606. The molecule has 1 aromatic heterocycles. The molecule has 0 aliphatic heterocycles. The van der Waals surface area contributed by atoms with E-state index in [1.165, 1.54) is 0 Å². The molecule has 3 rings (SSSR count). The van der Waals surface area contributed by atoms with Crippen LogP contribution >= 0.6 is 0 Å². The molecule has 0 radical (unpaired) electrons. The van der Waals surface area contributed by atoms with Gasteiger partial charge in [0.25, 0.3) is 5.95 Å². The van der Waals surface area contributed by atoms with Crippen LogP contribution in [0.2, 0.25) is 0 Å². The summed E-state index contributed by atoms with van der Waals surface area (Å²) in [7, 11) is 0. The Morgan fingerprint density at radius 1 is 0.833 bits per heavy atom. The Labute approximate surface area is 138 Å². The lowest BCUT2D eigenvalue weighted by atomic mass is 10.3. The molecule has 6 N–H and O–H groups in total. The first-order valence-corrected chi connectivity index (χ1v) is 7.19. The molecular weight excluding hydrogens is 304 g/mol. The average molecular weight is 320 g/mol. The number of anilines is 4. The van der Waals surface area contributed by atoms with Gasteiger partial charge >= 0.3 is 0 Å². The maximum Gasteiger partial charge on any atom is 0.259 e. The zero-order valence-corrected chi connectivity index (χ0v) is 12.7. The minimum absolute atomic E-state index is 0.0506. The molecule has 3 aromatic rings. The normalized spacial score (nSPS) is 11.1. The number of nitrogen functional groups attached to an aromatic ring is 1. The van der Waals surface area contributed by atoms with Gasteiger partial charge < -0.3 is 22.1 Å². The molecule has 120 valence electrons. The van der Waals surface area contributed by atoms with Gasteiger partial charge in [0.15, 0.2) is 0 Å². The van der Waals surface area contributed by atoms with Crippen LogP contribution in [-0.4, -0.2) is 20.9 Å². The van der Waals surface area contributed by atoms with Crippen molar-refractivity contribution in [3.63, 3.8) is 0 Å². The fraction of sp³-hybridized carbons (Fsp3) is 0. The van der Waals surface area contributed by atoms with E-state index < -0.39 is 0 Å². The first-order valence-electron chi connectivity index (χ1n) is 7.19. The second-order valence-corrected chi connectivity index (χ2v) is 4.80. The summed E-state index contributed by atoms with van der Waals surface area (Å²) in [4.78, 5) is 16.3. The number of aliphatic imine (C=N–C) groups is 1. The lowest BCUT2D eigenvalue weighted by molar-refractivity contribution is 1.05. The van der Waals surface area contributed by atoms with Crippen LogP contribution in [0.25, 0.3) is 0 Å². The van der Waals surface area contributed by atoms with Crippen LogP contribution in [0.15, 0.2) is 65.7 Å². The van der Waals surface area contributed by atoms with Crippen LogP contribution in [0.5, 0.6) is 0 Å². The molecule has 0 spiro atoms. The molecule has 0 aliphatic rings. The fourth-order valence-corrected chi connectivity index (χ4v) is 1.94. The summed E-state index contributed by atoms with van der Waals surface area (Å²) < 4.78 is 0. The number of hydrogen-bond donors (Lipinski definition) is 4. The molecule has 1 heterocycles. The monoisotopic (exact) mass is 320 g/mol. The fourth-order valence-electron chi connectivity index (χ4n) is 1.94. The maximum absolute atomic E-state index is 5.87. The van der Waals surface area contributed by atoms with Gasteiger partial charge in [0.05, 0.1) is 0 Å². The van der Waals surface area contributed by atoms with E-state index >= 15 is 0 Å². The lowest BCUT2D eigenvalue weighted by Crippen LogP contribution is -2.22. The Bertz CT molecular complexity index is 833. The van der Waals surface area contributed by atoms with Gasteiger partial charge in [-0.15, -0.1) is 0 Å². The highest BCUT2D eigenvalue weighted by atomic mass is 15.3. The second-order valence-electron chi connectivity index (χ2n) is 4.80. The SMILES string of the molecule is NC(=Nc1nc(N)nc(Nc2ccccc2)n1)Nc1ccccc1. The molecule has 24 heavy (non-hydrogen) atoms. The summed E-state index contributed by atoms with van der Waals surface area (Å²) in [6.45, 7) is 0. The van der Waals surface area contributed by atoms with Gasteiger partial charge in [-0.3, -0.25) is 0 Å². The van der Waals surface area contributed by atoms with E-state index in [-0.39, 0.29) is 17.9 Å². The average Bonchev–Trinajstić information content (AvgIpc) is 2.56. The zero-order valence-electron chi connectivity index (χ0n) is 12.7. The smallest absolute Gasteiger partial charge is 0.259 e. The van der Waals surface area contributed by atoms with Crippen LogP contribution in [0.3, 0.4) is 0 Å². The molecule has 0 unspecified atom stereocenters. The zero-order chi connectivity index (χ0) is 16.8. The highest BCUT2D eigenvalue weighted by Crippen LogP contribution is 2.15. The minimum Gasteiger partial charge on any atom is -0.369 e. The highest BCUT2D eigenvalue weighted by molar-refractivity contribution is 5.93. The van der Waals surface area contributed by atoms with Gasteiger partial charge in [-0.05, 0) is 24.3 Å². The first kappa shape index (κ1) is 15.2. The summed E-state index contributed by atoms with van der Waals surface area (Å²) in [6, 6.07) is 18.9. The van der Waals surface area contributed by atoms with E-state index in [1.54, 1.807) is 0 Å². The van der Waals surface area contributed by atoms with Crippen LogP contribution in [0, 0.1) is 0 Å². The largest absolute Gasteiger partial charge is 0.369 e. The van der Waals surface area contributed by atoms with Crippen molar-refractivity contribution in [2.45, 2.75) is 0 Å². The molecule has 0 fully saturated rings. The number of nitrogens with zero attached hydrogens (tertiary/aromatic N) is 4. The van der Waals surface area contributed by atoms with Crippen LogP contribution in [0.4, 0.5) is 29.2 Å². The molecule has 8 nitrogen and oxygen atoms in total. The van der Waals surface area contributed by atoms with Crippen molar-refractivity contribution < 1.29 is 0 Å². The quantitative estimate of drug-likeness (QED) is 0.429. The number of benzene rings is 2. The number of rotatable bonds is 4. The predicted molar refractivity (Wildman–Crippen MR) is 95.3 cm³/mol. The van der Waals surface area contributed by atoms with Crippen molar-refractivity contribution >= 4 is 35.2 Å². The van der Waals surface area contributed by atoms with Gasteiger partial charge in [0.1, 0.15) is 0 Å². The van der Waals surface area contributed by atoms with Crippen molar-refractivity contribution in [3.05, 3.63) is 60.7 Å².